The third kappa shape index (κ3) is 2.39. The first-order chi connectivity index (χ1) is 10.2. The van der Waals surface area contributed by atoms with Gasteiger partial charge in [0.05, 0.1) is 4.47 Å². The molecule has 3 nitrogen and oxygen atoms in total. The zero-order valence-electron chi connectivity index (χ0n) is 12.7. The first-order valence-electron chi connectivity index (χ1n) is 8.45. The molecule has 1 aromatic heterocycles. The molecular weight excluding hydrogens is 326 g/mol. The van der Waals surface area contributed by atoms with Crippen LogP contribution in [0.5, 0.6) is 0 Å². The van der Waals surface area contributed by atoms with E-state index in [0.717, 1.165) is 46.8 Å². The van der Waals surface area contributed by atoms with Crippen molar-refractivity contribution in [1.29, 1.82) is 0 Å². The number of aromatic nitrogens is 2. The first-order valence-corrected chi connectivity index (χ1v) is 9.25. The number of nitrogens with one attached hydrogen (secondary N) is 1. The third-order valence-corrected chi connectivity index (χ3v) is 6.38. The van der Waals surface area contributed by atoms with Crippen LogP contribution in [0, 0.1) is 17.8 Å². The molecule has 0 amide bonds. The van der Waals surface area contributed by atoms with Crippen molar-refractivity contribution in [3.63, 3.8) is 0 Å². The van der Waals surface area contributed by atoms with Crippen LogP contribution in [0.2, 0.25) is 0 Å². The average Bonchev–Trinajstić information content (AvgIpc) is 2.45. The molecule has 0 unspecified atom stereocenters. The minimum atomic E-state index is 0.290. The van der Waals surface area contributed by atoms with E-state index in [1.54, 1.807) is 0 Å². The van der Waals surface area contributed by atoms with Crippen molar-refractivity contribution in [1.82, 2.24) is 9.97 Å². The number of anilines is 1. The van der Waals surface area contributed by atoms with Gasteiger partial charge in [0.1, 0.15) is 11.6 Å². The fourth-order valence-electron chi connectivity index (χ4n) is 5.37. The number of halogens is 1. The first kappa shape index (κ1) is 14.0. The van der Waals surface area contributed by atoms with E-state index in [9.17, 15) is 0 Å². The maximum Gasteiger partial charge on any atom is 0.144 e. The second-order valence-corrected chi connectivity index (χ2v) is 8.37. The van der Waals surface area contributed by atoms with E-state index in [4.69, 9.17) is 9.97 Å². The molecule has 0 radical (unpaired) electrons. The van der Waals surface area contributed by atoms with Gasteiger partial charge in [0, 0.05) is 18.2 Å². The van der Waals surface area contributed by atoms with Crippen molar-refractivity contribution in [2.75, 3.05) is 11.9 Å². The van der Waals surface area contributed by atoms with Gasteiger partial charge in [-0.05, 0) is 78.6 Å². The van der Waals surface area contributed by atoms with Crippen molar-refractivity contribution < 1.29 is 0 Å². The Morgan fingerprint density at radius 3 is 2.38 bits per heavy atom. The molecule has 4 saturated carbocycles. The van der Waals surface area contributed by atoms with Gasteiger partial charge in [0.15, 0.2) is 0 Å². The fraction of sp³-hybridized carbons (Fsp3) is 0.765. The standard InChI is InChI=1S/C17H24BrN3/c1-2-3-19-15-14(18)10-20-16(21-15)17-7-11-4-12(8-17)6-13(5-11)9-17/h10-13H,2-9H2,1H3,(H,19,20,21). The number of rotatable bonds is 4. The summed E-state index contributed by atoms with van der Waals surface area (Å²) >= 11 is 3.58. The monoisotopic (exact) mass is 349 g/mol. The third-order valence-electron chi connectivity index (χ3n) is 5.80. The molecule has 0 aromatic carbocycles. The van der Waals surface area contributed by atoms with E-state index in [2.05, 4.69) is 28.2 Å². The minimum Gasteiger partial charge on any atom is -0.369 e. The summed E-state index contributed by atoms with van der Waals surface area (Å²) in [6.07, 6.45) is 11.5. The summed E-state index contributed by atoms with van der Waals surface area (Å²) in [6, 6.07) is 0. The molecule has 4 fully saturated rings. The maximum absolute atomic E-state index is 4.93. The molecule has 4 bridgehead atoms. The summed E-state index contributed by atoms with van der Waals surface area (Å²) in [7, 11) is 0. The lowest BCUT2D eigenvalue weighted by Crippen LogP contribution is -2.49. The van der Waals surface area contributed by atoms with Gasteiger partial charge in [-0.15, -0.1) is 0 Å². The molecule has 1 N–H and O–H groups in total. The van der Waals surface area contributed by atoms with Gasteiger partial charge in [-0.2, -0.15) is 0 Å². The van der Waals surface area contributed by atoms with E-state index in [-0.39, 0.29) is 5.41 Å². The van der Waals surface area contributed by atoms with E-state index >= 15 is 0 Å². The van der Waals surface area contributed by atoms with Crippen molar-refractivity contribution in [2.24, 2.45) is 17.8 Å². The molecular formula is C17H24BrN3. The number of hydrogen-bond acceptors (Lipinski definition) is 3. The van der Waals surface area contributed by atoms with Crippen LogP contribution in [-0.2, 0) is 5.41 Å². The van der Waals surface area contributed by atoms with Gasteiger partial charge in [0.2, 0.25) is 0 Å². The van der Waals surface area contributed by atoms with Crippen molar-refractivity contribution in [2.45, 2.75) is 57.3 Å². The Kier molecular flexibility index (Phi) is 3.48. The summed E-state index contributed by atoms with van der Waals surface area (Å²) in [5.74, 6) is 4.92. The maximum atomic E-state index is 4.93. The lowest BCUT2D eigenvalue weighted by Gasteiger charge is -2.56. The highest BCUT2D eigenvalue weighted by molar-refractivity contribution is 9.10. The highest BCUT2D eigenvalue weighted by atomic mass is 79.9. The highest BCUT2D eigenvalue weighted by Crippen LogP contribution is 2.60. The zero-order chi connectivity index (χ0) is 14.4. The van der Waals surface area contributed by atoms with Crippen LogP contribution in [-0.4, -0.2) is 16.5 Å². The Hall–Kier alpha value is -0.640. The zero-order valence-corrected chi connectivity index (χ0v) is 14.3. The SMILES string of the molecule is CCCNc1nc(C23CC4CC(CC(C4)C2)C3)ncc1Br. The quantitative estimate of drug-likeness (QED) is 0.867. The predicted octanol–water partition coefficient (Wildman–Crippen LogP) is 4.53. The molecule has 0 spiro atoms. The number of nitrogens with zero attached hydrogens (tertiary/aromatic N) is 2. The average molecular weight is 350 g/mol. The lowest BCUT2D eigenvalue weighted by atomic mass is 9.49. The van der Waals surface area contributed by atoms with Crippen LogP contribution >= 0.6 is 15.9 Å². The Balaban J connectivity index is 1.66. The molecule has 1 aromatic rings. The van der Waals surface area contributed by atoms with Gasteiger partial charge >= 0.3 is 0 Å². The number of hydrogen-bond donors (Lipinski definition) is 1. The Labute approximate surface area is 135 Å². The second kappa shape index (κ2) is 5.22. The smallest absolute Gasteiger partial charge is 0.144 e. The molecule has 114 valence electrons. The molecule has 4 aliphatic carbocycles. The van der Waals surface area contributed by atoms with Crippen molar-refractivity contribution in [3.05, 3.63) is 16.5 Å². The molecule has 5 rings (SSSR count). The summed E-state index contributed by atoms with van der Waals surface area (Å²) in [5, 5.41) is 3.44. The summed E-state index contributed by atoms with van der Waals surface area (Å²) in [6.45, 7) is 3.15. The van der Waals surface area contributed by atoms with E-state index < -0.39 is 0 Å². The molecule has 4 aliphatic rings. The summed E-state index contributed by atoms with van der Waals surface area (Å²) < 4.78 is 0.990. The van der Waals surface area contributed by atoms with Gasteiger partial charge < -0.3 is 5.32 Å². The fourth-order valence-corrected chi connectivity index (χ4v) is 5.71. The van der Waals surface area contributed by atoms with Crippen LogP contribution in [0.1, 0.15) is 57.7 Å². The van der Waals surface area contributed by atoms with Gasteiger partial charge in [-0.1, -0.05) is 6.92 Å². The van der Waals surface area contributed by atoms with Crippen LogP contribution in [0.25, 0.3) is 0 Å². The van der Waals surface area contributed by atoms with E-state index in [1.165, 1.54) is 38.5 Å². The molecule has 21 heavy (non-hydrogen) atoms. The summed E-state index contributed by atoms with van der Waals surface area (Å²) in [4.78, 5) is 9.67. The van der Waals surface area contributed by atoms with Crippen molar-refractivity contribution >= 4 is 21.7 Å². The highest BCUT2D eigenvalue weighted by Gasteiger charge is 2.53. The van der Waals surface area contributed by atoms with Gasteiger partial charge in [-0.25, -0.2) is 9.97 Å². The summed E-state index contributed by atoms with van der Waals surface area (Å²) in [5.41, 5.74) is 0.290. The van der Waals surface area contributed by atoms with Crippen LogP contribution < -0.4 is 5.32 Å². The van der Waals surface area contributed by atoms with Crippen LogP contribution in [0.3, 0.4) is 0 Å². The van der Waals surface area contributed by atoms with Crippen LogP contribution in [0.15, 0.2) is 10.7 Å². The molecule has 1 heterocycles. The van der Waals surface area contributed by atoms with Gasteiger partial charge in [0.25, 0.3) is 0 Å². The molecule has 0 atom stereocenters. The topological polar surface area (TPSA) is 37.8 Å². The minimum absolute atomic E-state index is 0.290. The predicted molar refractivity (Wildman–Crippen MR) is 88.4 cm³/mol. The molecule has 0 saturated heterocycles. The Bertz CT molecular complexity index is 508. The lowest BCUT2D eigenvalue weighted by molar-refractivity contribution is -0.00935. The Morgan fingerprint density at radius 1 is 1.19 bits per heavy atom. The largest absolute Gasteiger partial charge is 0.369 e. The molecule has 4 heteroatoms. The van der Waals surface area contributed by atoms with E-state index in [1.807, 2.05) is 6.20 Å². The normalized spacial score (nSPS) is 37.0. The second-order valence-electron chi connectivity index (χ2n) is 7.51. The molecule has 0 aliphatic heterocycles. The van der Waals surface area contributed by atoms with Gasteiger partial charge in [-0.3, -0.25) is 0 Å². The Morgan fingerprint density at radius 2 is 1.81 bits per heavy atom. The van der Waals surface area contributed by atoms with Crippen LogP contribution in [0.4, 0.5) is 5.82 Å². The van der Waals surface area contributed by atoms with Crippen molar-refractivity contribution in [3.8, 4) is 0 Å². The van der Waals surface area contributed by atoms with E-state index in [0.29, 0.717) is 0 Å².